The summed E-state index contributed by atoms with van der Waals surface area (Å²) in [6.45, 7) is 5.53. The number of nitrogens with one attached hydrogen (secondary N) is 1. The number of carbonyl (C=O) groups is 1. The molecule has 6 heteroatoms. The second-order valence-corrected chi connectivity index (χ2v) is 7.24. The Labute approximate surface area is 159 Å². The van der Waals surface area contributed by atoms with Crippen molar-refractivity contribution in [3.05, 3.63) is 52.7 Å². The predicted octanol–water partition coefficient (Wildman–Crippen LogP) is 3.31. The van der Waals surface area contributed by atoms with E-state index in [9.17, 15) is 4.79 Å². The van der Waals surface area contributed by atoms with E-state index in [-0.39, 0.29) is 18.2 Å². The molecule has 1 aromatic carbocycles. The summed E-state index contributed by atoms with van der Waals surface area (Å²) in [6.07, 6.45) is 3.26. The van der Waals surface area contributed by atoms with E-state index in [1.165, 1.54) is 16.7 Å². The van der Waals surface area contributed by atoms with Crippen LogP contribution in [0.5, 0.6) is 5.88 Å². The topological polar surface area (TPSA) is 63.7 Å². The van der Waals surface area contributed by atoms with Crippen LogP contribution in [0.15, 0.2) is 30.5 Å². The molecule has 0 unspecified atom stereocenters. The molecule has 2 amide bonds. The van der Waals surface area contributed by atoms with Crippen molar-refractivity contribution in [2.45, 2.75) is 38.8 Å². The highest BCUT2D eigenvalue weighted by Gasteiger charge is 2.34. The predicted molar refractivity (Wildman–Crippen MR) is 103 cm³/mol. The highest BCUT2D eigenvalue weighted by atomic mass is 16.5. The molecule has 1 saturated heterocycles. The van der Waals surface area contributed by atoms with Crippen LogP contribution in [0, 0.1) is 13.8 Å². The van der Waals surface area contributed by atoms with Crippen molar-refractivity contribution in [1.29, 1.82) is 0 Å². The number of hydrogen-bond donors (Lipinski definition) is 1. The molecule has 0 aliphatic carbocycles. The quantitative estimate of drug-likeness (QED) is 0.904. The Balaban J connectivity index is 1.49. The highest BCUT2D eigenvalue weighted by molar-refractivity contribution is 5.94. The Morgan fingerprint density at radius 3 is 2.85 bits per heavy atom. The van der Waals surface area contributed by atoms with E-state index in [0.717, 1.165) is 24.1 Å². The minimum absolute atomic E-state index is 0.0565. The number of benzene rings is 1. The van der Waals surface area contributed by atoms with Crippen molar-refractivity contribution in [3.63, 3.8) is 0 Å². The maximum absolute atomic E-state index is 13.0. The number of ether oxygens (including phenoxy) is 2. The number of hydrogen-bond acceptors (Lipinski definition) is 4. The van der Waals surface area contributed by atoms with Crippen LogP contribution in [0.2, 0.25) is 0 Å². The van der Waals surface area contributed by atoms with Gasteiger partial charge in [0.25, 0.3) is 0 Å². The summed E-state index contributed by atoms with van der Waals surface area (Å²) in [4.78, 5) is 19.1. The third kappa shape index (κ3) is 3.37. The number of pyridine rings is 1. The van der Waals surface area contributed by atoms with Gasteiger partial charge >= 0.3 is 6.03 Å². The fraction of sp³-hybridized carbons (Fsp3) is 0.429. The number of aryl methyl sites for hydroxylation is 2. The summed E-state index contributed by atoms with van der Waals surface area (Å²) >= 11 is 0. The number of rotatable bonds is 3. The molecule has 1 aromatic heterocycles. The molecule has 1 N–H and O–H groups in total. The van der Waals surface area contributed by atoms with E-state index < -0.39 is 0 Å². The molecule has 4 rings (SSSR count). The summed E-state index contributed by atoms with van der Waals surface area (Å²) in [5.41, 5.74) is 5.70. The van der Waals surface area contributed by atoms with Crippen LogP contribution >= 0.6 is 0 Å². The first-order valence-electron chi connectivity index (χ1n) is 9.36. The minimum Gasteiger partial charge on any atom is -0.481 e. The first kappa shape index (κ1) is 17.8. The third-order valence-corrected chi connectivity index (χ3v) is 5.53. The van der Waals surface area contributed by atoms with Crippen LogP contribution in [-0.4, -0.2) is 37.3 Å². The van der Waals surface area contributed by atoms with Crippen molar-refractivity contribution < 1.29 is 14.3 Å². The van der Waals surface area contributed by atoms with Gasteiger partial charge in [0.15, 0.2) is 0 Å². The van der Waals surface area contributed by atoms with E-state index in [1.807, 2.05) is 17.0 Å². The van der Waals surface area contributed by atoms with Crippen molar-refractivity contribution in [1.82, 2.24) is 10.3 Å². The molecule has 142 valence electrons. The molecule has 6 nitrogen and oxygen atoms in total. The number of carbonyl (C=O) groups excluding carboxylic acids is 1. The van der Waals surface area contributed by atoms with Gasteiger partial charge in [-0.25, -0.2) is 9.78 Å². The zero-order valence-corrected chi connectivity index (χ0v) is 16.0. The molecule has 2 atom stereocenters. The smallest absolute Gasteiger partial charge is 0.322 e. The summed E-state index contributed by atoms with van der Waals surface area (Å²) in [5, 5.41) is 3.18. The zero-order valence-electron chi connectivity index (χ0n) is 16.0. The maximum Gasteiger partial charge on any atom is 0.322 e. The second-order valence-electron chi connectivity index (χ2n) is 7.24. The molecule has 2 aromatic rings. The van der Waals surface area contributed by atoms with Crippen LogP contribution < -0.4 is 15.0 Å². The van der Waals surface area contributed by atoms with Gasteiger partial charge < -0.3 is 14.8 Å². The van der Waals surface area contributed by atoms with E-state index in [4.69, 9.17) is 9.47 Å². The Morgan fingerprint density at radius 1 is 1.30 bits per heavy atom. The van der Waals surface area contributed by atoms with E-state index >= 15 is 0 Å². The van der Waals surface area contributed by atoms with E-state index in [1.54, 1.807) is 13.3 Å². The number of amides is 2. The lowest BCUT2D eigenvalue weighted by molar-refractivity contribution is 0.0998. The van der Waals surface area contributed by atoms with Gasteiger partial charge in [-0.2, -0.15) is 0 Å². The second kappa shape index (κ2) is 7.19. The molecule has 27 heavy (non-hydrogen) atoms. The molecule has 3 heterocycles. The lowest BCUT2D eigenvalue weighted by Gasteiger charge is -2.24. The van der Waals surface area contributed by atoms with Gasteiger partial charge in [0.05, 0.1) is 13.2 Å². The Hall–Kier alpha value is -2.60. The lowest BCUT2D eigenvalue weighted by atomic mass is 10.0. The fourth-order valence-corrected chi connectivity index (χ4v) is 3.86. The monoisotopic (exact) mass is 367 g/mol. The Kier molecular flexibility index (Phi) is 4.74. The van der Waals surface area contributed by atoms with Gasteiger partial charge in [-0.1, -0.05) is 6.07 Å². The average Bonchev–Trinajstić information content (AvgIpc) is 3.29. The molecule has 0 radical (unpaired) electrons. The van der Waals surface area contributed by atoms with E-state index in [0.29, 0.717) is 19.0 Å². The number of anilines is 1. The van der Waals surface area contributed by atoms with Crippen molar-refractivity contribution in [2.24, 2.45) is 0 Å². The molecular weight excluding hydrogens is 342 g/mol. The van der Waals surface area contributed by atoms with Crippen molar-refractivity contribution >= 4 is 11.7 Å². The van der Waals surface area contributed by atoms with Crippen LogP contribution in [0.4, 0.5) is 10.5 Å². The van der Waals surface area contributed by atoms with Gasteiger partial charge in [0.2, 0.25) is 5.88 Å². The Bertz CT molecular complexity index is 850. The number of methoxy groups -OCH3 is 1. The molecule has 0 saturated carbocycles. The Morgan fingerprint density at radius 2 is 2.11 bits per heavy atom. The van der Waals surface area contributed by atoms with Crippen LogP contribution in [-0.2, 0) is 11.2 Å². The normalized spacial score (nSPS) is 21.2. The van der Waals surface area contributed by atoms with Gasteiger partial charge in [-0.05, 0) is 55.5 Å². The largest absolute Gasteiger partial charge is 0.481 e. The summed E-state index contributed by atoms with van der Waals surface area (Å²) in [6, 6.07) is 7.95. The first-order valence-corrected chi connectivity index (χ1v) is 9.36. The fourth-order valence-electron chi connectivity index (χ4n) is 3.86. The van der Waals surface area contributed by atoms with Gasteiger partial charge in [0, 0.05) is 36.7 Å². The molecule has 2 aliphatic heterocycles. The van der Waals surface area contributed by atoms with Gasteiger partial charge in [0.1, 0.15) is 6.10 Å². The molecule has 0 bridgehead atoms. The molecule has 0 spiro atoms. The number of nitrogens with zero attached hydrogens (tertiary/aromatic N) is 2. The maximum atomic E-state index is 13.0. The number of fused-ring (bicyclic) bond motifs is 1. The summed E-state index contributed by atoms with van der Waals surface area (Å²) in [7, 11) is 1.59. The van der Waals surface area contributed by atoms with Gasteiger partial charge in [-0.15, -0.1) is 0 Å². The van der Waals surface area contributed by atoms with E-state index in [2.05, 4.69) is 36.3 Å². The van der Waals surface area contributed by atoms with Crippen molar-refractivity contribution in [2.75, 3.05) is 25.2 Å². The molecule has 2 aliphatic rings. The average molecular weight is 367 g/mol. The number of aromatic nitrogens is 1. The standard InChI is InChI=1S/C21H25N3O3/c1-13-10-15-6-8-24(18(15)11-14(13)2)21(25)23-17-7-9-27-20(17)16-4-5-19(26-3)22-12-16/h4-5,10-12,17,20H,6-9H2,1-3H3,(H,23,25)/t17-,20+/m0/s1. The molecule has 1 fully saturated rings. The summed E-state index contributed by atoms with van der Waals surface area (Å²) in [5.74, 6) is 0.566. The van der Waals surface area contributed by atoms with Crippen LogP contribution in [0.3, 0.4) is 0 Å². The first-order chi connectivity index (χ1) is 13.1. The minimum atomic E-state index is -0.186. The van der Waals surface area contributed by atoms with Crippen molar-refractivity contribution in [3.8, 4) is 5.88 Å². The SMILES string of the molecule is COc1ccc([C@H]2OCC[C@@H]2NC(=O)N2CCc3cc(C)c(C)cc32)cn1. The summed E-state index contributed by atoms with van der Waals surface area (Å²) < 4.78 is 11.0. The lowest BCUT2D eigenvalue weighted by Crippen LogP contribution is -2.45. The van der Waals surface area contributed by atoms with Crippen LogP contribution in [0.25, 0.3) is 0 Å². The molecular formula is C21H25N3O3. The van der Waals surface area contributed by atoms with Crippen LogP contribution in [0.1, 0.15) is 34.8 Å². The highest BCUT2D eigenvalue weighted by Crippen LogP contribution is 2.33. The third-order valence-electron chi connectivity index (χ3n) is 5.53. The van der Waals surface area contributed by atoms with Gasteiger partial charge in [-0.3, -0.25) is 4.90 Å². The number of urea groups is 1. The zero-order chi connectivity index (χ0) is 19.0.